The monoisotopic (exact) mass is 126 g/mol. The predicted molar refractivity (Wildman–Crippen MR) is 39.8 cm³/mol. The summed E-state index contributed by atoms with van der Waals surface area (Å²) < 4.78 is 0. The van der Waals surface area contributed by atoms with Gasteiger partial charge in [-0.2, -0.15) is 0 Å². The molecule has 0 aliphatic rings. The molecule has 0 aliphatic heterocycles. The smallest absolute Gasteiger partial charge is 0.0228 e. The highest BCUT2D eigenvalue weighted by Crippen LogP contribution is 1.71. The molecule has 0 aliphatic carbocycles. The zero-order chi connectivity index (χ0) is 7.11. The van der Waals surface area contributed by atoms with Gasteiger partial charge in [-0.3, -0.25) is 10.4 Å². The van der Waals surface area contributed by atoms with Crippen LogP contribution in [0.2, 0.25) is 0 Å². The van der Waals surface area contributed by atoms with Gasteiger partial charge < -0.3 is 0 Å². The van der Waals surface area contributed by atoms with Crippen LogP contribution in [0.4, 0.5) is 0 Å². The molecular weight excluding hydrogens is 112 g/mol. The zero-order valence-electron chi connectivity index (χ0n) is 6.36. The Morgan fingerprint density at radius 3 is 2.56 bits per heavy atom. The van der Waals surface area contributed by atoms with E-state index in [0.717, 1.165) is 13.0 Å². The largest absolute Gasteiger partial charge is 0.255 e. The second-order valence-corrected chi connectivity index (χ2v) is 1.98. The summed E-state index contributed by atoms with van der Waals surface area (Å²) in [5.41, 5.74) is 3.11. The maximum absolute atomic E-state index is 3.11. The maximum Gasteiger partial charge on any atom is 0.0228 e. The molecule has 0 fully saturated rings. The van der Waals surface area contributed by atoms with E-state index in [1.807, 2.05) is 26.0 Å². The number of nitrogens with zero attached hydrogens (tertiary/aromatic N) is 1. The molecule has 52 valence electrons. The summed E-state index contributed by atoms with van der Waals surface area (Å²) in [6.45, 7) is 2.80. The van der Waals surface area contributed by atoms with Crippen molar-refractivity contribution in [3.05, 3.63) is 0 Å². The van der Waals surface area contributed by atoms with Gasteiger partial charge in [0.25, 0.3) is 0 Å². The molecule has 0 unspecified atom stereocenters. The standard InChI is InChI=1S/C7H14N2/c1-4-5-6-7-8-9(2)3/h8H,6-7H2,1-3H3. The minimum absolute atomic E-state index is 0.925. The third kappa shape index (κ3) is 7.48. The van der Waals surface area contributed by atoms with Crippen LogP contribution in [0.25, 0.3) is 0 Å². The van der Waals surface area contributed by atoms with Crippen molar-refractivity contribution in [2.45, 2.75) is 13.3 Å². The van der Waals surface area contributed by atoms with Gasteiger partial charge in [-0.05, 0) is 6.92 Å². The van der Waals surface area contributed by atoms with E-state index in [1.54, 1.807) is 0 Å². The average molecular weight is 126 g/mol. The average Bonchev–Trinajstić information content (AvgIpc) is 1.80. The normalized spacial score (nSPS) is 8.89. The van der Waals surface area contributed by atoms with E-state index in [4.69, 9.17) is 0 Å². The topological polar surface area (TPSA) is 15.3 Å². The van der Waals surface area contributed by atoms with Gasteiger partial charge in [0.2, 0.25) is 0 Å². The molecule has 2 nitrogen and oxygen atoms in total. The first-order chi connectivity index (χ1) is 4.27. The summed E-state index contributed by atoms with van der Waals surface area (Å²) in [4.78, 5) is 0. The van der Waals surface area contributed by atoms with Crippen LogP contribution in [0.1, 0.15) is 13.3 Å². The minimum Gasteiger partial charge on any atom is -0.255 e. The SMILES string of the molecule is CC#CCCNN(C)C. The van der Waals surface area contributed by atoms with Crippen LogP contribution in [0.3, 0.4) is 0 Å². The second-order valence-electron chi connectivity index (χ2n) is 1.98. The van der Waals surface area contributed by atoms with Crippen molar-refractivity contribution < 1.29 is 0 Å². The molecule has 0 heterocycles. The molecule has 1 N–H and O–H groups in total. The molecule has 0 saturated carbocycles. The van der Waals surface area contributed by atoms with E-state index >= 15 is 0 Å². The lowest BCUT2D eigenvalue weighted by molar-refractivity contribution is 0.294. The van der Waals surface area contributed by atoms with Gasteiger partial charge in [0.05, 0.1) is 0 Å². The molecule has 0 aromatic carbocycles. The van der Waals surface area contributed by atoms with Crippen LogP contribution in [0.5, 0.6) is 0 Å². The fraction of sp³-hybridized carbons (Fsp3) is 0.714. The first-order valence-corrected chi connectivity index (χ1v) is 3.08. The van der Waals surface area contributed by atoms with Crippen LogP contribution in [-0.4, -0.2) is 25.6 Å². The zero-order valence-corrected chi connectivity index (χ0v) is 6.36. The van der Waals surface area contributed by atoms with E-state index in [-0.39, 0.29) is 0 Å². The molecule has 0 aromatic rings. The van der Waals surface area contributed by atoms with E-state index in [1.165, 1.54) is 0 Å². The first kappa shape index (κ1) is 8.48. The number of hydrogen-bond donors (Lipinski definition) is 1. The van der Waals surface area contributed by atoms with Crippen LogP contribution < -0.4 is 5.43 Å². The van der Waals surface area contributed by atoms with E-state index < -0.39 is 0 Å². The molecular formula is C7H14N2. The van der Waals surface area contributed by atoms with Crippen LogP contribution >= 0.6 is 0 Å². The maximum atomic E-state index is 3.11. The highest BCUT2D eigenvalue weighted by molar-refractivity contribution is 4.94. The molecule has 0 amide bonds. The number of nitrogens with one attached hydrogen (secondary N) is 1. The molecule has 0 saturated heterocycles. The van der Waals surface area contributed by atoms with Crippen molar-refractivity contribution in [1.82, 2.24) is 10.4 Å². The third-order valence-electron chi connectivity index (χ3n) is 0.855. The highest BCUT2D eigenvalue weighted by Gasteiger charge is 1.82. The van der Waals surface area contributed by atoms with Crippen molar-refractivity contribution in [1.29, 1.82) is 0 Å². The van der Waals surface area contributed by atoms with E-state index in [2.05, 4.69) is 17.3 Å². The van der Waals surface area contributed by atoms with Gasteiger partial charge >= 0.3 is 0 Å². The number of hydrazine groups is 1. The Bertz CT molecular complexity index is 108. The lowest BCUT2D eigenvalue weighted by Crippen LogP contribution is -2.30. The van der Waals surface area contributed by atoms with Gasteiger partial charge in [-0.25, -0.2) is 0 Å². The summed E-state index contributed by atoms with van der Waals surface area (Å²) in [6.07, 6.45) is 0.925. The quantitative estimate of drug-likeness (QED) is 0.336. The molecule has 0 radical (unpaired) electrons. The highest BCUT2D eigenvalue weighted by atomic mass is 15.5. The van der Waals surface area contributed by atoms with Crippen LogP contribution in [0, 0.1) is 11.8 Å². The fourth-order valence-corrected chi connectivity index (χ4v) is 0.467. The van der Waals surface area contributed by atoms with Crippen molar-refractivity contribution in [2.24, 2.45) is 0 Å². The summed E-state index contributed by atoms with van der Waals surface area (Å²) in [5.74, 6) is 5.80. The van der Waals surface area contributed by atoms with Crippen molar-refractivity contribution in [3.8, 4) is 11.8 Å². The van der Waals surface area contributed by atoms with Crippen molar-refractivity contribution in [3.63, 3.8) is 0 Å². The summed E-state index contributed by atoms with van der Waals surface area (Å²) in [5, 5.41) is 1.93. The summed E-state index contributed by atoms with van der Waals surface area (Å²) in [7, 11) is 3.94. The van der Waals surface area contributed by atoms with Gasteiger partial charge in [0, 0.05) is 27.1 Å². The Morgan fingerprint density at radius 2 is 2.11 bits per heavy atom. The number of hydrogen-bond acceptors (Lipinski definition) is 2. The summed E-state index contributed by atoms with van der Waals surface area (Å²) in [6, 6.07) is 0. The number of rotatable bonds is 3. The van der Waals surface area contributed by atoms with Gasteiger partial charge in [-0.1, -0.05) is 0 Å². The molecule has 0 aromatic heterocycles. The first-order valence-electron chi connectivity index (χ1n) is 3.08. The minimum atomic E-state index is 0.925. The second kappa shape index (κ2) is 5.61. The lowest BCUT2D eigenvalue weighted by atomic mass is 10.4. The Kier molecular flexibility index (Phi) is 5.29. The van der Waals surface area contributed by atoms with E-state index in [9.17, 15) is 0 Å². The van der Waals surface area contributed by atoms with E-state index in [0.29, 0.717) is 0 Å². The summed E-state index contributed by atoms with van der Waals surface area (Å²) >= 11 is 0. The molecule has 0 bridgehead atoms. The lowest BCUT2D eigenvalue weighted by Gasteiger charge is -2.08. The van der Waals surface area contributed by atoms with Crippen LogP contribution in [-0.2, 0) is 0 Å². The van der Waals surface area contributed by atoms with Gasteiger partial charge in [0.15, 0.2) is 0 Å². The Labute approximate surface area is 57.2 Å². The molecule has 0 atom stereocenters. The molecule has 2 heteroatoms. The van der Waals surface area contributed by atoms with Crippen LogP contribution in [0.15, 0.2) is 0 Å². The van der Waals surface area contributed by atoms with Gasteiger partial charge in [0.1, 0.15) is 0 Å². The Morgan fingerprint density at radius 1 is 1.44 bits per heavy atom. The van der Waals surface area contributed by atoms with Gasteiger partial charge in [-0.15, -0.1) is 11.8 Å². The predicted octanol–water partition coefficient (Wildman–Crippen LogP) is 0.466. The Balaban J connectivity index is 2.98. The molecule has 0 spiro atoms. The Hall–Kier alpha value is -0.520. The third-order valence-corrected chi connectivity index (χ3v) is 0.855. The fourth-order valence-electron chi connectivity index (χ4n) is 0.467. The molecule has 0 rings (SSSR count). The molecule has 9 heavy (non-hydrogen) atoms. The van der Waals surface area contributed by atoms with Crippen molar-refractivity contribution in [2.75, 3.05) is 20.6 Å². The van der Waals surface area contributed by atoms with Crippen molar-refractivity contribution >= 4 is 0 Å².